The minimum atomic E-state index is -0.433. The smallest absolute Gasteiger partial charge is 0.251 e. The van der Waals surface area contributed by atoms with Crippen molar-refractivity contribution in [2.75, 3.05) is 6.54 Å². The van der Waals surface area contributed by atoms with Gasteiger partial charge in [-0.3, -0.25) is 4.79 Å². The summed E-state index contributed by atoms with van der Waals surface area (Å²) >= 11 is 5.81. The lowest BCUT2D eigenvalue weighted by Gasteiger charge is -2.25. The van der Waals surface area contributed by atoms with Gasteiger partial charge < -0.3 is 10.4 Å². The van der Waals surface area contributed by atoms with Crippen LogP contribution < -0.4 is 5.32 Å². The highest BCUT2D eigenvalue weighted by Gasteiger charge is 2.21. The molecule has 1 amide bonds. The fraction of sp³-hybridized carbons (Fsp3) is 0.500. The molecule has 0 aromatic heterocycles. The Morgan fingerprint density at radius 2 is 2.11 bits per heavy atom. The van der Waals surface area contributed by atoms with E-state index in [9.17, 15) is 9.90 Å². The second kappa shape index (κ2) is 6.21. The van der Waals surface area contributed by atoms with E-state index in [4.69, 9.17) is 11.6 Å². The van der Waals surface area contributed by atoms with E-state index in [0.717, 1.165) is 0 Å². The Bertz CT molecular complexity index is 413. The Labute approximate surface area is 113 Å². The first kappa shape index (κ1) is 15.0. The number of carbonyl (C=O) groups is 1. The lowest BCUT2D eigenvalue weighted by molar-refractivity contribution is 0.0551. The van der Waals surface area contributed by atoms with Gasteiger partial charge in [-0.15, -0.1) is 0 Å². The van der Waals surface area contributed by atoms with Crippen LogP contribution in [0.15, 0.2) is 24.3 Å². The zero-order chi connectivity index (χ0) is 13.8. The van der Waals surface area contributed by atoms with Gasteiger partial charge in [0.1, 0.15) is 0 Å². The minimum absolute atomic E-state index is 0.166. The molecular weight excluding hydrogens is 250 g/mol. The molecule has 2 N–H and O–H groups in total. The summed E-state index contributed by atoms with van der Waals surface area (Å²) in [5, 5.41) is 13.2. The zero-order valence-corrected chi connectivity index (χ0v) is 11.8. The van der Waals surface area contributed by atoms with Crippen molar-refractivity contribution in [3.8, 4) is 0 Å². The molecule has 1 unspecified atom stereocenters. The highest BCUT2D eigenvalue weighted by Crippen LogP contribution is 2.21. The number of aliphatic hydroxyl groups is 1. The van der Waals surface area contributed by atoms with Crippen molar-refractivity contribution in [2.45, 2.75) is 33.3 Å². The van der Waals surface area contributed by atoms with Crippen LogP contribution in [0.3, 0.4) is 0 Å². The number of carbonyl (C=O) groups excluding carboxylic acids is 1. The molecule has 0 aliphatic heterocycles. The van der Waals surface area contributed by atoms with Gasteiger partial charge in [0.15, 0.2) is 0 Å². The summed E-state index contributed by atoms with van der Waals surface area (Å²) in [6.07, 6.45) is 0.104. The molecule has 1 aromatic rings. The zero-order valence-electron chi connectivity index (χ0n) is 11.0. The molecule has 3 nitrogen and oxygen atoms in total. The third-order valence-corrected chi connectivity index (χ3v) is 3.02. The molecule has 0 radical (unpaired) electrons. The summed E-state index contributed by atoms with van der Waals surface area (Å²) < 4.78 is 0. The fourth-order valence-electron chi connectivity index (χ4n) is 1.49. The van der Waals surface area contributed by atoms with Gasteiger partial charge in [0, 0.05) is 17.1 Å². The maximum atomic E-state index is 11.8. The van der Waals surface area contributed by atoms with Crippen LogP contribution in [-0.4, -0.2) is 23.7 Å². The number of rotatable bonds is 4. The largest absolute Gasteiger partial charge is 0.393 e. The van der Waals surface area contributed by atoms with E-state index in [-0.39, 0.29) is 11.3 Å². The van der Waals surface area contributed by atoms with Crippen LogP contribution in [0.1, 0.15) is 37.6 Å². The number of aliphatic hydroxyl groups excluding tert-OH is 1. The summed E-state index contributed by atoms with van der Waals surface area (Å²) in [7, 11) is 0. The van der Waals surface area contributed by atoms with Crippen molar-refractivity contribution in [2.24, 2.45) is 5.41 Å². The van der Waals surface area contributed by atoms with Crippen LogP contribution in [0.4, 0.5) is 0 Å². The number of hydrogen-bond donors (Lipinski definition) is 2. The predicted molar refractivity (Wildman–Crippen MR) is 73.9 cm³/mol. The Hall–Kier alpha value is -1.06. The van der Waals surface area contributed by atoms with Gasteiger partial charge in [-0.2, -0.15) is 0 Å². The van der Waals surface area contributed by atoms with E-state index in [2.05, 4.69) is 5.32 Å². The second-order valence-electron chi connectivity index (χ2n) is 5.44. The van der Waals surface area contributed by atoms with E-state index in [1.54, 1.807) is 24.3 Å². The van der Waals surface area contributed by atoms with Crippen LogP contribution in [0.25, 0.3) is 0 Å². The molecule has 1 rings (SSSR count). The number of halogens is 1. The van der Waals surface area contributed by atoms with Crippen LogP contribution in [0.5, 0.6) is 0 Å². The first-order valence-corrected chi connectivity index (χ1v) is 6.40. The molecule has 0 aliphatic carbocycles. The Balaban J connectivity index is 2.43. The number of hydrogen-bond acceptors (Lipinski definition) is 2. The Kier molecular flexibility index (Phi) is 5.17. The van der Waals surface area contributed by atoms with Crippen molar-refractivity contribution in [1.29, 1.82) is 0 Å². The van der Waals surface area contributed by atoms with Crippen molar-refractivity contribution >= 4 is 17.5 Å². The molecule has 1 atom stereocenters. The highest BCUT2D eigenvalue weighted by molar-refractivity contribution is 6.30. The van der Waals surface area contributed by atoms with Crippen molar-refractivity contribution in [1.82, 2.24) is 5.32 Å². The molecule has 0 spiro atoms. The standard InChI is InChI=1S/C14H20ClNO2/c1-14(2,3)12(17)7-8-16-13(18)10-5-4-6-11(15)9-10/h4-6,9,12,17H,7-8H2,1-3H3,(H,16,18). The lowest BCUT2D eigenvalue weighted by Crippen LogP contribution is -2.32. The SMILES string of the molecule is CC(C)(C)C(O)CCNC(=O)c1cccc(Cl)c1. The van der Waals surface area contributed by atoms with E-state index < -0.39 is 6.10 Å². The lowest BCUT2D eigenvalue weighted by atomic mass is 9.87. The molecule has 0 bridgehead atoms. The number of amides is 1. The molecule has 0 fully saturated rings. The monoisotopic (exact) mass is 269 g/mol. The molecule has 0 heterocycles. The normalized spacial score (nSPS) is 13.2. The summed E-state index contributed by atoms with van der Waals surface area (Å²) in [5.74, 6) is -0.168. The number of nitrogens with one attached hydrogen (secondary N) is 1. The number of benzene rings is 1. The Morgan fingerprint density at radius 3 is 2.67 bits per heavy atom. The average Bonchev–Trinajstić information content (AvgIpc) is 2.27. The van der Waals surface area contributed by atoms with Gasteiger partial charge in [0.2, 0.25) is 0 Å². The first-order chi connectivity index (χ1) is 8.30. The van der Waals surface area contributed by atoms with E-state index in [1.807, 2.05) is 20.8 Å². The van der Waals surface area contributed by atoms with Gasteiger partial charge in [-0.1, -0.05) is 38.4 Å². The van der Waals surface area contributed by atoms with Crippen molar-refractivity contribution < 1.29 is 9.90 Å². The van der Waals surface area contributed by atoms with E-state index in [1.165, 1.54) is 0 Å². The van der Waals surface area contributed by atoms with Crippen molar-refractivity contribution in [3.63, 3.8) is 0 Å². The van der Waals surface area contributed by atoms with Gasteiger partial charge >= 0.3 is 0 Å². The molecule has 1 aromatic carbocycles. The fourth-order valence-corrected chi connectivity index (χ4v) is 1.68. The molecule has 0 aliphatic rings. The maximum absolute atomic E-state index is 11.8. The van der Waals surface area contributed by atoms with Gasteiger partial charge in [0.05, 0.1) is 6.10 Å². The molecule has 18 heavy (non-hydrogen) atoms. The summed E-state index contributed by atoms with van der Waals surface area (Å²) in [6, 6.07) is 6.79. The van der Waals surface area contributed by atoms with Crippen LogP contribution >= 0.6 is 11.6 Å². The third-order valence-electron chi connectivity index (χ3n) is 2.79. The second-order valence-corrected chi connectivity index (χ2v) is 5.87. The first-order valence-electron chi connectivity index (χ1n) is 6.02. The molecule has 4 heteroatoms. The highest BCUT2D eigenvalue weighted by atomic mass is 35.5. The van der Waals surface area contributed by atoms with Crippen LogP contribution in [0, 0.1) is 5.41 Å². The third kappa shape index (κ3) is 4.67. The summed E-state index contributed by atoms with van der Waals surface area (Å²) in [6.45, 7) is 6.35. The van der Waals surface area contributed by atoms with Crippen LogP contribution in [0.2, 0.25) is 5.02 Å². The van der Waals surface area contributed by atoms with E-state index >= 15 is 0 Å². The molecular formula is C14H20ClNO2. The van der Waals surface area contributed by atoms with Gasteiger partial charge in [0.25, 0.3) is 5.91 Å². The predicted octanol–water partition coefficient (Wildman–Crippen LogP) is 2.87. The minimum Gasteiger partial charge on any atom is -0.393 e. The van der Waals surface area contributed by atoms with Crippen molar-refractivity contribution in [3.05, 3.63) is 34.9 Å². The van der Waals surface area contributed by atoms with Crippen LogP contribution in [-0.2, 0) is 0 Å². The molecule has 100 valence electrons. The Morgan fingerprint density at radius 1 is 1.44 bits per heavy atom. The molecule has 0 saturated carbocycles. The van der Waals surface area contributed by atoms with Gasteiger partial charge in [-0.05, 0) is 30.0 Å². The molecule has 0 saturated heterocycles. The summed E-state index contributed by atoms with van der Waals surface area (Å²) in [5.41, 5.74) is 0.369. The maximum Gasteiger partial charge on any atom is 0.251 e. The quantitative estimate of drug-likeness (QED) is 0.883. The van der Waals surface area contributed by atoms with Gasteiger partial charge in [-0.25, -0.2) is 0 Å². The summed E-state index contributed by atoms with van der Waals surface area (Å²) in [4.78, 5) is 11.8. The van der Waals surface area contributed by atoms with E-state index in [0.29, 0.717) is 23.6 Å². The average molecular weight is 270 g/mol. The topological polar surface area (TPSA) is 49.3 Å².